The molecule has 0 bridgehead atoms. The lowest BCUT2D eigenvalue weighted by molar-refractivity contribution is 0.302. The van der Waals surface area contributed by atoms with Crippen molar-refractivity contribution >= 4 is 0 Å². The summed E-state index contributed by atoms with van der Waals surface area (Å²) >= 11 is 0. The van der Waals surface area contributed by atoms with Crippen LogP contribution in [0.25, 0.3) is 22.3 Å². The van der Waals surface area contributed by atoms with E-state index in [4.69, 9.17) is 0 Å². The number of aryl methyl sites for hydroxylation is 1. The Morgan fingerprint density at radius 3 is 2.11 bits per heavy atom. The first-order valence-electron chi connectivity index (χ1n) is 14.5. The number of unbranched alkanes of at least 4 members (excludes halogenated alkanes) is 4. The highest BCUT2D eigenvalue weighted by Crippen LogP contribution is 2.39. The molecule has 3 aromatic carbocycles. The second kappa shape index (κ2) is 13.8. The highest BCUT2D eigenvalue weighted by atomic mass is 19.2. The molecule has 0 radical (unpaired) electrons. The zero-order valence-electron chi connectivity index (χ0n) is 22.8. The Labute approximate surface area is 227 Å². The fraction of sp³-hybridized carbons (Fsp3) is 0.429. The van der Waals surface area contributed by atoms with Gasteiger partial charge in [-0.15, -0.1) is 6.58 Å². The quantitative estimate of drug-likeness (QED) is 0.165. The lowest BCUT2D eigenvalue weighted by atomic mass is 9.77. The molecule has 0 N–H and O–H groups in total. The first-order valence-corrected chi connectivity index (χ1v) is 14.5. The predicted molar refractivity (Wildman–Crippen MR) is 154 cm³/mol. The molecule has 1 saturated carbocycles. The van der Waals surface area contributed by atoms with Crippen molar-refractivity contribution in [3.05, 3.63) is 95.8 Å². The molecular formula is C35H41F3. The minimum atomic E-state index is -0.824. The number of hydrogen-bond acceptors (Lipinski definition) is 0. The zero-order valence-corrected chi connectivity index (χ0v) is 22.8. The van der Waals surface area contributed by atoms with E-state index in [9.17, 15) is 8.78 Å². The van der Waals surface area contributed by atoms with Gasteiger partial charge in [0.15, 0.2) is 11.6 Å². The highest BCUT2D eigenvalue weighted by molar-refractivity contribution is 5.71. The zero-order chi connectivity index (χ0) is 26.9. The van der Waals surface area contributed by atoms with Crippen LogP contribution in [0.2, 0.25) is 0 Å². The maximum absolute atomic E-state index is 15.2. The van der Waals surface area contributed by atoms with Crippen LogP contribution < -0.4 is 0 Å². The Balaban J connectivity index is 1.41. The minimum absolute atomic E-state index is 0.224. The number of rotatable bonds is 12. The fourth-order valence-corrected chi connectivity index (χ4v) is 5.93. The van der Waals surface area contributed by atoms with Gasteiger partial charge in [-0.2, -0.15) is 0 Å². The summed E-state index contributed by atoms with van der Waals surface area (Å²) in [6.45, 7) is 5.94. The van der Waals surface area contributed by atoms with E-state index in [0.29, 0.717) is 29.0 Å². The molecule has 0 saturated heterocycles. The van der Waals surface area contributed by atoms with Gasteiger partial charge in [-0.1, -0.05) is 87.2 Å². The molecule has 1 fully saturated rings. The van der Waals surface area contributed by atoms with Gasteiger partial charge in [-0.3, -0.25) is 0 Å². The third-order valence-electron chi connectivity index (χ3n) is 8.30. The van der Waals surface area contributed by atoms with Gasteiger partial charge in [0.25, 0.3) is 0 Å². The van der Waals surface area contributed by atoms with Crippen LogP contribution in [-0.2, 0) is 6.42 Å². The SMILES string of the molecule is C=CCCCCc1ccc(-c2ccc(-c3ccc(C4CCC(CCCCC)CC4)cc3F)cc2)c(F)c1F. The van der Waals surface area contributed by atoms with Crippen LogP contribution >= 0.6 is 0 Å². The van der Waals surface area contributed by atoms with Crippen molar-refractivity contribution in [2.24, 2.45) is 5.92 Å². The van der Waals surface area contributed by atoms with Crippen LogP contribution in [0.1, 0.15) is 94.6 Å². The summed E-state index contributed by atoms with van der Waals surface area (Å²) < 4.78 is 44.8. The molecule has 0 unspecified atom stereocenters. The fourth-order valence-electron chi connectivity index (χ4n) is 5.93. The summed E-state index contributed by atoms with van der Waals surface area (Å²) in [7, 11) is 0. The number of halogens is 3. The number of allylic oxidation sites excluding steroid dienone is 1. The van der Waals surface area contributed by atoms with E-state index < -0.39 is 11.6 Å². The van der Waals surface area contributed by atoms with Crippen molar-refractivity contribution in [3.63, 3.8) is 0 Å². The summed E-state index contributed by atoms with van der Waals surface area (Å²) in [4.78, 5) is 0. The average Bonchev–Trinajstić information content (AvgIpc) is 2.94. The third kappa shape index (κ3) is 6.98. The molecule has 38 heavy (non-hydrogen) atoms. The van der Waals surface area contributed by atoms with Crippen LogP contribution in [-0.4, -0.2) is 0 Å². The molecule has 0 spiro atoms. The molecule has 4 rings (SSSR count). The monoisotopic (exact) mass is 518 g/mol. The number of hydrogen-bond donors (Lipinski definition) is 0. The van der Waals surface area contributed by atoms with Crippen molar-refractivity contribution in [1.29, 1.82) is 0 Å². The summed E-state index contributed by atoms with van der Waals surface area (Å²) in [5, 5.41) is 0. The smallest absolute Gasteiger partial charge is 0.166 e. The summed E-state index contributed by atoms with van der Waals surface area (Å²) in [5.41, 5.74) is 3.57. The molecule has 0 heterocycles. The van der Waals surface area contributed by atoms with Crippen LogP contribution in [0.5, 0.6) is 0 Å². The first-order chi connectivity index (χ1) is 18.5. The molecular weight excluding hydrogens is 477 g/mol. The standard InChI is InChI=1S/C35H41F3/c1-3-5-7-9-11-29-20-23-32(35(38)34(29)37)28-18-16-27(17-19-28)31-22-21-30(24-33(31)36)26-14-12-25(13-15-26)10-8-6-4-2/h3,16-26H,1,4-15H2,2H3. The Morgan fingerprint density at radius 2 is 1.45 bits per heavy atom. The van der Waals surface area contributed by atoms with Gasteiger partial charge in [-0.25, -0.2) is 13.2 Å². The van der Waals surface area contributed by atoms with Crippen molar-refractivity contribution in [2.75, 3.05) is 0 Å². The normalized spacial score (nSPS) is 17.5. The summed E-state index contributed by atoms with van der Waals surface area (Å²) in [6, 6.07) is 16.0. The Kier molecular flexibility index (Phi) is 10.3. The Hall–Kier alpha value is -2.81. The largest absolute Gasteiger partial charge is 0.206 e. The van der Waals surface area contributed by atoms with Gasteiger partial charge in [0.2, 0.25) is 0 Å². The highest BCUT2D eigenvalue weighted by Gasteiger charge is 2.23. The maximum Gasteiger partial charge on any atom is 0.166 e. The van der Waals surface area contributed by atoms with E-state index in [2.05, 4.69) is 19.6 Å². The van der Waals surface area contributed by atoms with Crippen molar-refractivity contribution in [3.8, 4) is 22.3 Å². The van der Waals surface area contributed by atoms with Crippen molar-refractivity contribution in [1.82, 2.24) is 0 Å². The predicted octanol–water partition coefficient (Wildman–Crippen LogP) is 11.2. The first kappa shape index (κ1) is 28.2. The minimum Gasteiger partial charge on any atom is -0.206 e. The Morgan fingerprint density at radius 1 is 0.763 bits per heavy atom. The van der Waals surface area contributed by atoms with Crippen LogP contribution in [0.4, 0.5) is 13.2 Å². The second-order valence-corrected chi connectivity index (χ2v) is 11.0. The van der Waals surface area contributed by atoms with Crippen LogP contribution in [0.3, 0.4) is 0 Å². The number of benzene rings is 3. The van der Waals surface area contributed by atoms with Crippen LogP contribution in [0, 0.1) is 23.4 Å². The lowest BCUT2D eigenvalue weighted by Gasteiger charge is -2.29. The van der Waals surface area contributed by atoms with Gasteiger partial charge >= 0.3 is 0 Å². The van der Waals surface area contributed by atoms with E-state index in [1.54, 1.807) is 42.5 Å². The van der Waals surface area contributed by atoms with E-state index in [-0.39, 0.29) is 11.4 Å². The van der Waals surface area contributed by atoms with Gasteiger partial charge < -0.3 is 0 Å². The molecule has 0 amide bonds. The molecule has 0 aliphatic heterocycles. The molecule has 3 heteroatoms. The van der Waals surface area contributed by atoms with E-state index in [0.717, 1.165) is 49.1 Å². The van der Waals surface area contributed by atoms with Crippen LogP contribution in [0.15, 0.2) is 67.3 Å². The maximum atomic E-state index is 15.2. The molecule has 1 aliphatic carbocycles. The van der Waals surface area contributed by atoms with E-state index >= 15 is 4.39 Å². The molecule has 0 nitrogen and oxygen atoms in total. The molecule has 3 aromatic rings. The molecule has 0 atom stereocenters. The topological polar surface area (TPSA) is 0 Å². The van der Waals surface area contributed by atoms with Gasteiger partial charge in [-0.05, 0) is 91.5 Å². The van der Waals surface area contributed by atoms with E-state index in [1.165, 1.54) is 38.5 Å². The van der Waals surface area contributed by atoms with Gasteiger partial charge in [0, 0.05) is 11.1 Å². The lowest BCUT2D eigenvalue weighted by Crippen LogP contribution is -2.13. The van der Waals surface area contributed by atoms with E-state index in [1.807, 2.05) is 12.1 Å². The average molecular weight is 519 g/mol. The third-order valence-corrected chi connectivity index (χ3v) is 8.30. The van der Waals surface area contributed by atoms with Gasteiger partial charge in [0.1, 0.15) is 5.82 Å². The summed E-state index contributed by atoms with van der Waals surface area (Å²) in [6.07, 6.45) is 14.9. The molecule has 202 valence electrons. The van der Waals surface area contributed by atoms with Gasteiger partial charge in [0.05, 0.1) is 0 Å². The van der Waals surface area contributed by atoms with Crippen molar-refractivity contribution in [2.45, 2.75) is 89.9 Å². The van der Waals surface area contributed by atoms with Crippen molar-refractivity contribution < 1.29 is 13.2 Å². The molecule has 1 aliphatic rings. The Bertz CT molecular complexity index is 1190. The second-order valence-electron chi connectivity index (χ2n) is 11.0. The molecule has 0 aromatic heterocycles. The summed E-state index contributed by atoms with van der Waals surface area (Å²) in [5.74, 6) is -0.557.